The van der Waals surface area contributed by atoms with E-state index >= 15 is 0 Å². The number of thiophene rings is 1. The van der Waals surface area contributed by atoms with Crippen molar-refractivity contribution in [3.8, 4) is 33.4 Å². The normalized spacial score (nSPS) is 15.3. The number of anilines is 3. The molecule has 1 aliphatic heterocycles. The molecule has 0 bridgehead atoms. The van der Waals surface area contributed by atoms with Gasteiger partial charge in [-0.1, -0.05) is 200 Å². The summed E-state index contributed by atoms with van der Waals surface area (Å²) in [6.45, 7) is 2.40. The summed E-state index contributed by atoms with van der Waals surface area (Å²) >= 11 is 1.87. The van der Waals surface area contributed by atoms with E-state index in [2.05, 4.69) is 254 Å². The quantitative estimate of drug-likeness (QED) is 0.144. The van der Waals surface area contributed by atoms with E-state index in [1.54, 1.807) is 0 Å². The van der Waals surface area contributed by atoms with Crippen LogP contribution in [0.25, 0.3) is 53.6 Å². The van der Waals surface area contributed by atoms with Crippen molar-refractivity contribution in [1.82, 2.24) is 0 Å². The van der Waals surface area contributed by atoms with Crippen molar-refractivity contribution in [3.05, 3.63) is 259 Å². The number of hydrogen-bond acceptors (Lipinski definition) is 2. The maximum Gasteiger partial charge on any atom is 0.180 e. The predicted molar refractivity (Wildman–Crippen MR) is 279 cm³/mol. The zero-order valence-electron chi connectivity index (χ0n) is 35.9. The molecule has 65 heavy (non-hydrogen) atoms. The minimum Gasteiger partial charge on any atom is -0.310 e. The maximum absolute atomic E-state index is 2.62. The van der Waals surface area contributed by atoms with E-state index < -0.39 is 8.07 Å². The predicted octanol–water partition coefficient (Wildman–Crippen LogP) is 13.9. The lowest BCUT2D eigenvalue weighted by Crippen LogP contribution is -2.72. The second-order valence-corrected chi connectivity index (χ2v) is 22.5. The van der Waals surface area contributed by atoms with Crippen molar-refractivity contribution in [1.29, 1.82) is 0 Å². The van der Waals surface area contributed by atoms with Gasteiger partial charge in [0, 0.05) is 42.6 Å². The summed E-state index contributed by atoms with van der Waals surface area (Å²) in [5.74, 6) is 0. The molecule has 1 aromatic heterocycles. The van der Waals surface area contributed by atoms with Gasteiger partial charge in [0.1, 0.15) is 0 Å². The SMILES string of the molecule is CC1(c2ccccc2)c2ccccc2-c2ccc(N(c3ccc(-c4cccc([Si]5(c6ccccc6)c6ccccc6-c6ccccc65)c4)cc3)c3ccc4c(c3)sc3ccccc34)cc21. The summed E-state index contributed by atoms with van der Waals surface area (Å²) in [7, 11) is -2.62. The monoisotopic (exact) mass is 861 g/mol. The van der Waals surface area contributed by atoms with Crippen LogP contribution in [0.2, 0.25) is 0 Å². The first-order valence-corrected chi connectivity index (χ1v) is 25.4. The van der Waals surface area contributed by atoms with E-state index in [-0.39, 0.29) is 5.41 Å². The van der Waals surface area contributed by atoms with E-state index in [0.29, 0.717) is 0 Å². The van der Waals surface area contributed by atoms with E-state index in [1.165, 1.54) is 91.0 Å². The zero-order chi connectivity index (χ0) is 43.1. The number of rotatable bonds is 7. The molecule has 2 heterocycles. The first kappa shape index (κ1) is 37.9. The van der Waals surface area contributed by atoms with Gasteiger partial charge in [-0.15, -0.1) is 11.3 Å². The molecule has 1 aliphatic carbocycles. The lowest BCUT2D eigenvalue weighted by molar-refractivity contribution is 0.714. The van der Waals surface area contributed by atoms with Gasteiger partial charge in [0.25, 0.3) is 0 Å². The molecule has 0 saturated heterocycles. The number of fused-ring (bicyclic) bond motifs is 9. The first-order valence-electron chi connectivity index (χ1n) is 22.6. The van der Waals surface area contributed by atoms with Crippen LogP contribution in [0.5, 0.6) is 0 Å². The van der Waals surface area contributed by atoms with E-state index in [9.17, 15) is 0 Å². The molecule has 0 amide bonds. The highest BCUT2D eigenvalue weighted by molar-refractivity contribution is 7.26. The van der Waals surface area contributed by atoms with E-state index in [1.807, 2.05) is 11.3 Å². The van der Waals surface area contributed by atoms with Crippen LogP contribution in [0.1, 0.15) is 23.6 Å². The number of hydrogen-bond donors (Lipinski definition) is 0. The van der Waals surface area contributed by atoms with Crippen molar-refractivity contribution in [2.75, 3.05) is 4.90 Å². The molecule has 0 spiro atoms. The van der Waals surface area contributed by atoms with Crippen molar-refractivity contribution < 1.29 is 0 Å². The Morgan fingerprint density at radius 2 is 0.938 bits per heavy atom. The Hall–Kier alpha value is -7.56. The average Bonchev–Trinajstić information content (AvgIpc) is 3.99. The standard InChI is InChI=1S/C62H43NSSi/c1-62(44-18-4-2-5-19-44)56-27-12-8-23-50(56)51-37-35-46(40-57(51)62)63(47-36-38-53-52-24-9-13-28-58(52)64-59(53)41-47)45-33-31-42(32-34-45)43-17-16-22-49(39-43)65(48-20-6-3-7-21-48)60-29-14-10-25-54(60)55-26-11-15-30-61(55)65/h2-41H,1H3. The molecule has 11 aromatic rings. The molecule has 10 aromatic carbocycles. The van der Waals surface area contributed by atoms with Crippen LogP contribution in [0.4, 0.5) is 17.1 Å². The smallest absolute Gasteiger partial charge is 0.180 e. The van der Waals surface area contributed by atoms with Crippen LogP contribution in [0.15, 0.2) is 243 Å². The lowest BCUT2D eigenvalue weighted by Gasteiger charge is -2.31. The summed E-state index contributed by atoms with van der Waals surface area (Å²) in [5.41, 5.74) is 14.9. The number of benzene rings is 10. The molecular weight excluding hydrogens is 819 g/mol. The zero-order valence-corrected chi connectivity index (χ0v) is 37.8. The first-order chi connectivity index (χ1) is 32.1. The summed E-state index contributed by atoms with van der Waals surface area (Å²) in [6.07, 6.45) is 0. The minimum atomic E-state index is -2.62. The molecule has 0 N–H and O–H groups in total. The highest BCUT2D eigenvalue weighted by atomic mass is 32.1. The maximum atomic E-state index is 2.49. The van der Waals surface area contributed by atoms with Gasteiger partial charge in [-0.3, -0.25) is 0 Å². The summed E-state index contributed by atoms with van der Waals surface area (Å²) in [6, 6.07) is 91.2. The van der Waals surface area contributed by atoms with Crippen molar-refractivity contribution in [2.45, 2.75) is 12.3 Å². The highest BCUT2D eigenvalue weighted by Gasteiger charge is 2.48. The Morgan fingerprint density at radius 1 is 0.369 bits per heavy atom. The summed E-state index contributed by atoms with van der Waals surface area (Å²) in [4.78, 5) is 2.46. The molecule has 0 radical (unpaired) electrons. The molecule has 0 saturated carbocycles. The molecule has 3 heteroatoms. The molecule has 13 rings (SSSR count). The van der Waals surface area contributed by atoms with Crippen molar-refractivity contribution >= 4 is 77.4 Å². The van der Waals surface area contributed by atoms with Crippen LogP contribution in [-0.2, 0) is 5.41 Å². The molecule has 306 valence electrons. The largest absolute Gasteiger partial charge is 0.310 e. The van der Waals surface area contributed by atoms with Crippen molar-refractivity contribution in [3.63, 3.8) is 0 Å². The Balaban J connectivity index is 0.961. The Labute approximate surface area is 385 Å². The Kier molecular flexibility index (Phi) is 8.61. The van der Waals surface area contributed by atoms with Gasteiger partial charge < -0.3 is 4.90 Å². The average molecular weight is 862 g/mol. The second-order valence-electron chi connectivity index (χ2n) is 17.7. The van der Waals surface area contributed by atoms with Crippen LogP contribution < -0.4 is 25.6 Å². The van der Waals surface area contributed by atoms with Gasteiger partial charge in [-0.2, -0.15) is 0 Å². The van der Waals surface area contributed by atoms with E-state index in [0.717, 1.165) is 17.1 Å². The van der Waals surface area contributed by atoms with Crippen LogP contribution in [-0.4, -0.2) is 8.07 Å². The summed E-state index contributed by atoms with van der Waals surface area (Å²) in [5, 5.41) is 8.36. The third-order valence-electron chi connectivity index (χ3n) is 14.4. The van der Waals surface area contributed by atoms with Crippen molar-refractivity contribution in [2.24, 2.45) is 0 Å². The molecule has 1 unspecified atom stereocenters. The minimum absolute atomic E-state index is 0.306. The highest BCUT2D eigenvalue weighted by Crippen LogP contribution is 2.54. The Bertz CT molecular complexity index is 3580. The van der Waals surface area contributed by atoms with Gasteiger partial charge >= 0.3 is 0 Å². The molecular formula is C62H43NSSi. The molecule has 2 aliphatic rings. The fourth-order valence-electron chi connectivity index (χ4n) is 11.4. The number of nitrogens with zero attached hydrogens (tertiary/aromatic N) is 1. The second kappa shape index (κ2) is 14.8. The molecule has 1 nitrogen and oxygen atoms in total. The van der Waals surface area contributed by atoms with E-state index in [4.69, 9.17) is 0 Å². The fourth-order valence-corrected chi connectivity index (χ4v) is 17.8. The Morgan fingerprint density at radius 3 is 1.71 bits per heavy atom. The van der Waals surface area contributed by atoms with Gasteiger partial charge in [0.2, 0.25) is 0 Å². The van der Waals surface area contributed by atoms with Crippen LogP contribution >= 0.6 is 11.3 Å². The third kappa shape index (κ3) is 5.62. The third-order valence-corrected chi connectivity index (χ3v) is 20.4. The van der Waals surface area contributed by atoms with Crippen LogP contribution in [0.3, 0.4) is 0 Å². The van der Waals surface area contributed by atoms with Gasteiger partial charge in [0.15, 0.2) is 8.07 Å². The summed E-state index contributed by atoms with van der Waals surface area (Å²) < 4.78 is 2.60. The van der Waals surface area contributed by atoms with Gasteiger partial charge in [-0.25, -0.2) is 0 Å². The van der Waals surface area contributed by atoms with Crippen LogP contribution in [0, 0.1) is 0 Å². The van der Waals surface area contributed by atoms with Gasteiger partial charge in [-0.05, 0) is 120 Å². The topological polar surface area (TPSA) is 3.24 Å². The van der Waals surface area contributed by atoms with Gasteiger partial charge in [0.05, 0.1) is 0 Å². The molecule has 1 atom stereocenters. The lowest BCUT2D eigenvalue weighted by atomic mass is 9.74. The fraction of sp³-hybridized carbons (Fsp3) is 0.0323. The molecule has 0 fully saturated rings.